The van der Waals surface area contributed by atoms with Gasteiger partial charge in [-0.3, -0.25) is 10.1 Å². The summed E-state index contributed by atoms with van der Waals surface area (Å²) in [7, 11) is 0. The molecule has 0 saturated carbocycles. The molecule has 0 saturated heterocycles. The van der Waals surface area contributed by atoms with Gasteiger partial charge in [0, 0.05) is 36.7 Å². The van der Waals surface area contributed by atoms with E-state index in [0.717, 1.165) is 28.6 Å². The third kappa shape index (κ3) is 4.24. The Morgan fingerprint density at radius 2 is 1.96 bits per heavy atom. The van der Waals surface area contributed by atoms with Gasteiger partial charge in [-0.1, -0.05) is 6.07 Å². The van der Waals surface area contributed by atoms with Gasteiger partial charge in [0.15, 0.2) is 0 Å². The minimum Gasteiger partial charge on any atom is -0.307 e. The van der Waals surface area contributed by atoms with Gasteiger partial charge in [-0.05, 0) is 48.4 Å². The van der Waals surface area contributed by atoms with Gasteiger partial charge < -0.3 is 5.32 Å². The van der Waals surface area contributed by atoms with Crippen LogP contribution in [0.2, 0.25) is 0 Å². The number of aromatic nitrogens is 3. The predicted octanol–water partition coefficient (Wildman–Crippen LogP) is 4.09. The van der Waals surface area contributed by atoms with Crippen LogP contribution in [0.1, 0.15) is 22.4 Å². The normalized spacial score (nSPS) is 11.7. The lowest BCUT2D eigenvalue weighted by Crippen LogP contribution is -2.14. The number of aromatic amines is 1. The molecule has 7 heteroatoms. The zero-order chi connectivity index (χ0) is 17.9. The van der Waals surface area contributed by atoms with Crippen molar-refractivity contribution >= 4 is 0 Å². The summed E-state index contributed by atoms with van der Waals surface area (Å²) >= 11 is 0. The van der Waals surface area contributed by atoms with Gasteiger partial charge in [0.25, 0.3) is 0 Å². The fourth-order valence-electron chi connectivity index (χ4n) is 2.52. The number of halogens is 3. The fourth-order valence-corrected chi connectivity index (χ4v) is 2.52. The predicted molar refractivity (Wildman–Crippen MR) is 88.5 cm³/mol. The van der Waals surface area contributed by atoms with E-state index in [4.69, 9.17) is 0 Å². The number of pyridine rings is 1. The number of hydrogen-bond acceptors (Lipinski definition) is 3. The van der Waals surface area contributed by atoms with Crippen LogP contribution in [-0.4, -0.2) is 15.2 Å². The molecule has 130 valence electrons. The number of nitrogens with zero attached hydrogens (tertiary/aromatic N) is 2. The number of hydrogen-bond donors (Lipinski definition) is 2. The zero-order valence-corrected chi connectivity index (χ0v) is 13.6. The molecule has 0 aliphatic heterocycles. The summed E-state index contributed by atoms with van der Waals surface area (Å²) in [6.07, 6.45) is -0.876. The van der Waals surface area contributed by atoms with E-state index in [1.54, 1.807) is 19.3 Å². The molecule has 0 fully saturated rings. The van der Waals surface area contributed by atoms with Crippen LogP contribution in [0, 0.1) is 6.92 Å². The first-order chi connectivity index (χ1) is 11.9. The van der Waals surface area contributed by atoms with E-state index in [1.165, 1.54) is 12.1 Å². The quantitative estimate of drug-likeness (QED) is 0.732. The topological polar surface area (TPSA) is 53.6 Å². The van der Waals surface area contributed by atoms with Gasteiger partial charge in [0.2, 0.25) is 0 Å². The average molecular weight is 346 g/mol. The van der Waals surface area contributed by atoms with Crippen molar-refractivity contribution in [1.82, 2.24) is 20.5 Å². The monoisotopic (exact) mass is 346 g/mol. The summed E-state index contributed by atoms with van der Waals surface area (Å²) in [6.45, 7) is 2.70. The average Bonchev–Trinajstić information content (AvgIpc) is 3.05. The van der Waals surface area contributed by atoms with Crippen LogP contribution in [-0.2, 0) is 19.3 Å². The molecule has 0 atom stereocenters. The van der Waals surface area contributed by atoms with Crippen LogP contribution in [0.5, 0.6) is 0 Å². The molecule has 0 aliphatic rings. The van der Waals surface area contributed by atoms with Gasteiger partial charge in [-0.2, -0.15) is 18.3 Å². The molecule has 2 heterocycles. The SMILES string of the molecule is Cc1cc(C(F)(F)F)ccc1CNCc1cc(-c2cccnc2)n[nH]1. The van der Waals surface area contributed by atoms with Gasteiger partial charge in [-0.25, -0.2) is 0 Å². The van der Waals surface area contributed by atoms with E-state index >= 15 is 0 Å². The van der Waals surface area contributed by atoms with Crippen LogP contribution in [0.4, 0.5) is 13.2 Å². The maximum Gasteiger partial charge on any atom is 0.416 e. The Hall–Kier alpha value is -2.67. The van der Waals surface area contributed by atoms with Crippen molar-refractivity contribution in [3.63, 3.8) is 0 Å². The summed E-state index contributed by atoms with van der Waals surface area (Å²) in [6, 6.07) is 9.48. The third-order valence-corrected chi connectivity index (χ3v) is 3.89. The van der Waals surface area contributed by atoms with Crippen molar-refractivity contribution in [2.45, 2.75) is 26.2 Å². The highest BCUT2D eigenvalue weighted by molar-refractivity contribution is 5.57. The minimum absolute atomic E-state index is 0.477. The van der Waals surface area contributed by atoms with Crippen LogP contribution < -0.4 is 5.32 Å². The lowest BCUT2D eigenvalue weighted by Gasteiger charge is -2.11. The molecular formula is C18H17F3N4. The van der Waals surface area contributed by atoms with E-state index < -0.39 is 11.7 Å². The third-order valence-electron chi connectivity index (χ3n) is 3.89. The van der Waals surface area contributed by atoms with Gasteiger partial charge in [0.05, 0.1) is 11.3 Å². The van der Waals surface area contributed by atoms with Crippen LogP contribution in [0.25, 0.3) is 11.3 Å². The number of alkyl halides is 3. The van der Waals surface area contributed by atoms with Crippen molar-refractivity contribution in [2.24, 2.45) is 0 Å². The summed E-state index contributed by atoms with van der Waals surface area (Å²) in [5, 5.41) is 10.4. The van der Waals surface area contributed by atoms with Crippen LogP contribution in [0.15, 0.2) is 48.8 Å². The van der Waals surface area contributed by atoms with E-state index in [0.29, 0.717) is 18.7 Å². The van der Waals surface area contributed by atoms with E-state index in [-0.39, 0.29) is 0 Å². The van der Waals surface area contributed by atoms with Crippen molar-refractivity contribution in [1.29, 1.82) is 0 Å². The maximum atomic E-state index is 12.7. The second-order valence-corrected chi connectivity index (χ2v) is 5.76. The highest BCUT2D eigenvalue weighted by Crippen LogP contribution is 2.30. The van der Waals surface area contributed by atoms with Gasteiger partial charge in [0.1, 0.15) is 0 Å². The zero-order valence-electron chi connectivity index (χ0n) is 13.6. The molecule has 0 spiro atoms. The smallest absolute Gasteiger partial charge is 0.307 e. The van der Waals surface area contributed by atoms with E-state index in [9.17, 15) is 13.2 Å². The summed E-state index contributed by atoms with van der Waals surface area (Å²) in [5.74, 6) is 0. The summed E-state index contributed by atoms with van der Waals surface area (Å²) in [5.41, 5.74) is 3.44. The summed E-state index contributed by atoms with van der Waals surface area (Å²) in [4.78, 5) is 4.06. The molecule has 25 heavy (non-hydrogen) atoms. The molecule has 3 aromatic rings. The molecule has 1 aromatic carbocycles. The largest absolute Gasteiger partial charge is 0.416 e. The Balaban J connectivity index is 1.59. The standard InChI is InChI=1S/C18H17F3N4/c1-12-7-15(18(19,20)21)5-4-13(12)9-23-11-16-8-17(25-24-16)14-3-2-6-22-10-14/h2-8,10,23H,9,11H2,1H3,(H,24,25). The first-order valence-electron chi connectivity index (χ1n) is 7.75. The Morgan fingerprint density at radius 1 is 1.12 bits per heavy atom. The minimum atomic E-state index is -4.31. The number of nitrogens with one attached hydrogen (secondary N) is 2. The number of benzene rings is 1. The molecule has 3 rings (SSSR count). The van der Waals surface area contributed by atoms with Gasteiger partial charge in [-0.15, -0.1) is 0 Å². The lowest BCUT2D eigenvalue weighted by atomic mass is 10.0. The van der Waals surface area contributed by atoms with Crippen molar-refractivity contribution in [3.05, 3.63) is 71.2 Å². The highest BCUT2D eigenvalue weighted by atomic mass is 19.4. The molecule has 0 aliphatic carbocycles. The molecule has 2 N–H and O–H groups in total. The molecule has 0 unspecified atom stereocenters. The van der Waals surface area contributed by atoms with Crippen LogP contribution >= 0.6 is 0 Å². The highest BCUT2D eigenvalue weighted by Gasteiger charge is 2.30. The second-order valence-electron chi connectivity index (χ2n) is 5.76. The van der Waals surface area contributed by atoms with Crippen molar-refractivity contribution in [3.8, 4) is 11.3 Å². The Bertz CT molecular complexity index is 841. The lowest BCUT2D eigenvalue weighted by molar-refractivity contribution is -0.137. The maximum absolute atomic E-state index is 12.7. The van der Waals surface area contributed by atoms with E-state index in [2.05, 4.69) is 20.5 Å². The van der Waals surface area contributed by atoms with Crippen molar-refractivity contribution in [2.75, 3.05) is 0 Å². The van der Waals surface area contributed by atoms with E-state index in [1.807, 2.05) is 18.2 Å². The number of aryl methyl sites for hydroxylation is 1. The number of H-pyrrole nitrogens is 1. The Kier molecular flexibility index (Phi) is 4.85. The second kappa shape index (κ2) is 7.06. The van der Waals surface area contributed by atoms with Gasteiger partial charge >= 0.3 is 6.18 Å². The summed E-state index contributed by atoms with van der Waals surface area (Å²) < 4.78 is 38.1. The number of rotatable bonds is 5. The molecular weight excluding hydrogens is 329 g/mol. The Labute approximate surface area is 143 Å². The molecule has 4 nitrogen and oxygen atoms in total. The van der Waals surface area contributed by atoms with Crippen molar-refractivity contribution < 1.29 is 13.2 Å². The molecule has 2 aromatic heterocycles. The first kappa shape index (κ1) is 17.2. The molecule has 0 amide bonds. The molecule has 0 bridgehead atoms. The fraction of sp³-hybridized carbons (Fsp3) is 0.222. The molecule has 0 radical (unpaired) electrons. The Morgan fingerprint density at radius 3 is 2.64 bits per heavy atom. The van der Waals surface area contributed by atoms with Crippen LogP contribution in [0.3, 0.4) is 0 Å². The first-order valence-corrected chi connectivity index (χ1v) is 7.75.